The van der Waals surface area contributed by atoms with E-state index in [9.17, 15) is 0 Å². The van der Waals surface area contributed by atoms with Crippen LogP contribution in [0, 0.1) is 0 Å². The van der Waals surface area contributed by atoms with Gasteiger partial charge in [-0.25, -0.2) is 4.98 Å². The molecule has 0 aliphatic carbocycles. The van der Waals surface area contributed by atoms with Crippen molar-refractivity contribution in [1.29, 1.82) is 0 Å². The number of benzene rings is 1. The number of hydrogen-bond acceptors (Lipinski definition) is 2. The molecular formula is C10H8Cl2N2. The molecule has 2 nitrogen and oxygen atoms in total. The van der Waals surface area contributed by atoms with E-state index in [0.717, 1.165) is 11.1 Å². The van der Waals surface area contributed by atoms with Crippen molar-refractivity contribution in [3.63, 3.8) is 0 Å². The third kappa shape index (κ3) is 1.57. The molecule has 2 N–H and O–H groups in total. The van der Waals surface area contributed by atoms with E-state index in [1.807, 2.05) is 12.1 Å². The van der Waals surface area contributed by atoms with Crippen molar-refractivity contribution in [2.24, 2.45) is 5.73 Å². The van der Waals surface area contributed by atoms with E-state index in [0.29, 0.717) is 22.1 Å². The summed E-state index contributed by atoms with van der Waals surface area (Å²) in [6.07, 6.45) is 0. The predicted molar refractivity (Wildman–Crippen MR) is 59.7 cm³/mol. The first-order chi connectivity index (χ1) is 6.72. The van der Waals surface area contributed by atoms with E-state index in [1.165, 1.54) is 0 Å². The minimum absolute atomic E-state index is 0.402. The average Bonchev–Trinajstić information content (AvgIpc) is 2.23. The normalized spacial score (nSPS) is 10.8. The van der Waals surface area contributed by atoms with Crippen LogP contribution in [0.15, 0.2) is 24.3 Å². The maximum absolute atomic E-state index is 6.00. The molecule has 0 bridgehead atoms. The summed E-state index contributed by atoms with van der Waals surface area (Å²) >= 11 is 12.0. The van der Waals surface area contributed by atoms with Gasteiger partial charge in [-0.05, 0) is 24.3 Å². The maximum atomic E-state index is 6.00. The van der Waals surface area contributed by atoms with E-state index < -0.39 is 0 Å². The third-order valence-electron chi connectivity index (χ3n) is 2.02. The first kappa shape index (κ1) is 9.71. The van der Waals surface area contributed by atoms with Gasteiger partial charge < -0.3 is 5.73 Å². The zero-order valence-electron chi connectivity index (χ0n) is 7.30. The average molecular weight is 227 g/mol. The smallest absolute Gasteiger partial charge is 0.0906 e. The Bertz CT molecular complexity index is 483. The molecule has 2 aromatic rings. The zero-order valence-corrected chi connectivity index (χ0v) is 8.81. The topological polar surface area (TPSA) is 38.9 Å². The molecule has 0 spiro atoms. The molecule has 0 fully saturated rings. The quantitative estimate of drug-likeness (QED) is 0.813. The van der Waals surface area contributed by atoms with Crippen molar-refractivity contribution in [3.8, 4) is 0 Å². The summed E-state index contributed by atoms with van der Waals surface area (Å²) in [6.45, 7) is 0.402. The highest BCUT2D eigenvalue weighted by Gasteiger charge is 2.04. The number of halogens is 2. The van der Waals surface area contributed by atoms with Crippen LogP contribution in [0.3, 0.4) is 0 Å². The van der Waals surface area contributed by atoms with Crippen LogP contribution in [0.25, 0.3) is 10.9 Å². The molecule has 2 rings (SSSR count). The second-order valence-electron chi connectivity index (χ2n) is 2.93. The summed E-state index contributed by atoms with van der Waals surface area (Å²) in [5, 5.41) is 2.11. The van der Waals surface area contributed by atoms with E-state index >= 15 is 0 Å². The molecule has 14 heavy (non-hydrogen) atoms. The molecule has 72 valence electrons. The number of hydrogen-bond donors (Lipinski definition) is 1. The van der Waals surface area contributed by atoms with Gasteiger partial charge >= 0.3 is 0 Å². The Morgan fingerprint density at radius 1 is 1.07 bits per heavy atom. The summed E-state index contributed by atoms with van der Waals surface area (Å²) in [4.78, 5) is 4.31. The minimum Gasteiger partial charge on any atom is -0.325 e. The Balaban J connectivity index is 2.80. The lowest BCUT2D eigenvalue weighted by molar-refractivity contribution is 1.01. The van der Waals surface area contributed by atoms with Gasteiger partial charge in [0.1, 0.15) is 0 Å². The van der Waals surface area contributed by atoms with Gasteiger partial charge in [-0.1, -0.05) is 23.2 Å². The Hall–Kier alpha value is -0.830. The first-order valence-corrected chi connectivity index (χ1v) is 4.91. The summed E-state index contributed by atoms with van der Waals surface area (Å²) in [5.74, 6) is 0. The summed E-state index contributed by atoms with van der Waals surface area (Å²) in [7, 11) is 0. The molecular weight excluding hydrogens is 219 g/mol. The van der Waals surface area contributed by atoms with E-state index in [2.05, 4.69) is 4.98 Å². The lowest BCUT2D eigenvalue weighted by atomic mass is 10.2. The predicted octanol–water partition coefficient (Wildman–Crippen LogP) is 3.00. The van der Waals surface area contributed by atoms with Gasteiger partial charge in [-0.3, -0.25) is 0 Å². The lowest BCUT2D eigenvalue weighted by Gasteiger charge is -2.03. The molecule has 4 heteroatoms. The molecule has 1 aromatic heterocycles. The summed E-state index contributed by atoms with van der Waals surface area (Å²) in [6, 6.07) is 7.23. The standard InChI is InChI=1S/C10H8Cl2N2/c11-8-3-4-9(12)10-7(8)2-1-6(5-13)14-10/h1-4H,5,13H2. The van der Waals surface area contributed by atoms with Gasteiger partial charge in [-0.15, -0.1) is 0 Å². The Morgan fingerprint density at radius 3 is 2.50 bits per heavy atom. The Labute approximate surface area is 91.6 Å². The minimum atomic E-state index is 0.402. The number of aromatic nitrogens is 1. The van der Waals surface area contributed by atoms with Gasteiger partial charge in [0.05, 0.1) is 21.3 Å². The fraction of sp³-hybridized carbons (Fsp3) is 0.100. The molecule has 0 radical (unpaired) electrons. The molecule has 1 heterocycles. The summed E-state index contributed by atoms with van der Waals surface area (Å²) < 4.78 is 0. The van der Waals surface area contributed by atoms with Gasteiger partial charge in [0.15, 0.2) is 0 Å². The molecule has 0 unspecified atom stereocenters. The van der Waals surface area contributed by atoms with Crippen LogP contribution in [-0.4, -0.2) is 4.98 Å². The Kier molecular flexibility index (Phi) is 2.59. The SMILES string of the molecule is NCc1ccc2c(Cl)ccc(Cl)c2n1. The Morgan fingerprint density at radius 2 is 1.79 bits per heavy atom. The number of rotatable bonds is 1. The molecule has 0 atom stereocenters. The zero-order chi connectivity index (χ0) is 10.1. The van der Waals surface area contributed by atoms with Crippen LogP contribution in [-0.2, 0) is 6.54 Å². The second-order valence-corrected chi connectivity index (χ2v) is 3.75. The highest BCUT2D eigenvalue weighted by molar-refractivity contribution is 6.39. The monoisotopic (exact) mass is 226 g/mol. The molecule has 0 saturated carbocycles. The fourth-order valence-electron chi connectivity index (χ4n) is 1.30. The molecule has 1 aromatic carbocycles. The number of pyridine rings is 1. The summed E-state index contributed by atoms with van der Waals surface area (Å²) in [5.41, 5.74) is 7.01. The van der Waals surface area contributed by atoms with Crippen LogP contribution in [0.5, 0.6) is 0 Å². The van der Waals surface area contributed by atoms with Gasteiger partial charge in [0, 0.05) is 11.9 Å². The van der Waals surface area contributed by atoms with Crippen LogP contribution < -0.4 is 5.73 Å². The van der Waals surface area contributed by atoms with Crippen molar-refractivity contribution >= 4 is 34.1 Å². The van der Waals surface area contributed by atoms with Crippen LogP contribution in [0.1, 0.15) is 5.69 Å². The van der Waals surface area contributed by atoms with Crippen molar-refractivity contribution in [2.75, 3.05) is 0 Å². The highest BCUT2D eigenvalue weighted by atomic mass is 35.5. The van der Waals surface area contributed by atoms with Crippen molar-refractivity contribution in [3.05, 3.63) is 40.0 Å². The number of nitrogens with zero attached hydrogens (tertiary/aromatic N) is 1. The van der Waals surface area contributed by atoms with Crippen molar-refractivity contribution in [2.45, 2.75) is 6.54 Å². The van der Waals surface area contributed by atoms with Crippen LogP contribution in [0.4, 0.5) is 0 Å². The highest BCUT2D eigenvalue weighted by Crippen LogP contribution is 2.28. The third-order valence-corrected chi connectivity index (χ3v) is 2.66. The van der Waals surface area contributed by atoms with E-state index in [1.54, 1.807) is 12.1 Å². The van der Waals surface area contributed by atoms with Gasteiger partial charge in [0.2, 0.25) is 0 Å². The van der Waals surface area contributed by atoms with E-state index in [-0.39, 0.29) is 0 Å². The first-order valence-electron chi connectivity index (χ1n) is 4.16. The van der Waals surface area contributed by atoms with Gasteiger partial charge in [-0.2, -0.15) is 0 Å². The molecule has 0 aliphatic heterocycles. The molecule has 0 saturated heterocycles. The molecule has 0 amide bonds. The van der Waals surface area contributed by atoms with Gasteiger partial charge in [0.25, 0.3) is 0 Å². The molecule has 0 aliphatic rings. The van der Waals surface area contributed by atoms with Crippen molar-refractivity contribution < 1.29 is 0 Å². The second kappa shape index (κ2) is 3.73. The number of nitrogens with two attached hydrogens (primary N) is 1. The lowest BCUT2D eigenvalue weighted by Crippen LogP contribution is -1.99. The van der Waals surface area contributed by atoms with Crippen LogP contribution in [0.2, 0.25) is 10.0 Å². The van der Waals surface area contributed by atoms with Crippen molar-refractivity contribution in [1.82, 2.24) is 4.98 Å². The van der Waals surface area contributed by atoms with Crippen LogP contribution >= 0.6 is 23.2 Å². The maximum Gasteiger partial charge on any atom is 0.0906 e. The largest absolute Gasteiger partial charge is 0.325 e. The van der Waals surface area contributed by atoms with E-state index in [4.69, 9.17) is 28.9 Å². The fourth-order valence-corrected chi connectivity index (χ4v) is 1.73. The number of fused-ring (bicyclic) bond motifs is 1.